The Balaban J connectivity index is 1.67. The highest BCUT2D eigenvalue weighted by atomic mass is 16.4. The quantitative estimate of drug-likeness (QED) is 0.574. The van der Waals surface area contributed by atoms with Gasteiger partial charge in [-0.1, -0.05) is 6.92 Å². The molecule has 0 radical (unpaired) electrons. The summed E-state index contributed by atoms with van der Waals surface area (Å²) in [7, 11) is 0. The van der Waals surface area contributed by atoms with Crippen LogP contribution >= 0.6 is 0 Å². The van der Waals surface area contributed by atoms with E-state index in [0.717, 1.165) is 28.8 Å². The first-order valence-electron chi connectivity index (χ1n) is 10.6. The molecule has 0 spiro atoms. The maximum Gasteiger partial charge on any atom is 0.407 e. The van der Waals surface area contributed by atoms with Crippen molar-refractivity contribution in [2.75, 3.05) is 11.9 Å². The molecular weight excluding hydrogens is 396 g/mol. The van der Waals surface area contributed by atoms with Crippen LogP contribution in [0.3, 0.4) is 0 Å². The number of carbonyl (C=O) groups is 1. The van der Waals surface area contributed by atoms with Crippen molar-refractivity contribution >= 4 is 23.2 Å². The number of likely N-dealkylation sites (tertiary alicyclic amines) is 1. The molecule has 2 atom stereocenters. The number of hydrogen-bond donors (Lipinski definition) is 3. The van der Waals surface area contributed by atoms with Crippen molar-refractivity contribution in [1.82, 2.24) is 24.4 Å². The summed E-state index contributed by atoms with van der Waals surface area (Å²) < 4.78 is 1.94. The molecule has 0 aromatic carbocycles. The minimum absolute atomic E-state index is 0.0241. The number of anilines is 1. The van der Waals surface area contributed by atoms with E-state index in [-0.39, 0.29) is 17.8 Å². The van der Waals surface area contributed by atoms with E-state index in [1.807, 2.05) is 31.4 Å². The lowest BCUT2D eigenvalue weighted by Crippen LogP contribution is -2.48. The number of aryl methyl sites for hydroxylation is 2. The topological polar surface area (TPSA) is 116 Å². The van der Waals surface area contributed by atoms with Crippen LogP contribution in [0, 0.1) is 13.8 Å². The number of amides is 1. The van der Waals surface area contributed by atoms with Gasteiger partial charge in [0.05, 0.1) is 6.54 Å². The minimum atomic E-state index is -0.863. The predicted molar refractivity (Wildman–Crippen MR) is 117 cm³/mol. The highest BCUT2D eigenvalue weighted by molar-refractivity contribution is 5.78. The summed E-state index contributed by atoms with van der Waals surface area (Å²) in [4.78, 5) is 26.9. The Morgan fingerprint density at radius 1 is 1.26 bits per heavy atom. The van der Waals surface area contributed by atoms with Crippen LogP contribution in [-0.2, 0) is 6.54 Å². The third-order valence-corrected chi connectivity index (χ3v) is 6.00. The predicted octanol–water partition coefficient (Wildman–Crippen LogP) is 3.53. The molecule has 31 heavy (non-hydrogen) atoms. The molecule has 0 saturated carbocycles. The zero-order valence-electron chi connectivity index (χ0n) is 18.0. The Morgan fingerprint density at radius 3 is 2.81 bits per heavy atom. The van der Waals surface area contributed by atoms with Crippen molar-refractivity contribution < 1.29 is 15.0 Å². The van der Waals surface area contributed by atoms with Gasteiger partial charge in [-0.2, -0.15) is 0 Å². The number of nitrogens with one attached hydrogen (secondary N) is 1. The van der Waals surface area contributed by atoms with E-state index in [9.17, 15) is 15.0 Å². The van der Waals surface area contributed by atoms with Gasteiger partial charge in [-0.15, -0.1) is 0 Å². The van der Waals surface area contributed by atoms with Gasteiger partial charge in [-0.3, -0.25) is 9.55 Å². The molecule has 4 heterocycles. The van der Waals surface area contributed by atoms with Gasteiger partial charge in [0.25, 0.3) is 0 Å². The van der Waals surface area contributed by atoms with E-state index in [4.69, 9.17) is 4.98 Å². The van der Waals surface area contributed by atoms with Gasteiger partial charge in [0.15, 0.2) is 5.65 Å². The molecule has 1 saturated heterocycles. The molecular formula is C22H28N6O3. The van der Waals surface area contributed by atoms with Crippen molar-refractivity contribution in [3.63, 3.8) is 0 Å². The molecule has 0 aliphatic carbocycles. The van der Waals surface area contributed by atoms with Crippen LogP contribution in [0.2, 0.25) is 0 Å². The lowest BCUT2D eigenvalue weighted by atomic mass is 9.96. The van der Waals surface area contributed by atoms with Crippen LogP contribution in [-0.4, -0.2) is 59.4 Å². The van der Waals surface area contributed by atoms with Gasteiger partial charge in [0, 0.05) is 30.5 Å². The summed E-state index contributed by atoms with van der Waals surface area (Å²) in [5, 5.41) is 23.3. The van der Waals surface area contributed by atoms with Gasteiger partial charge in [0.1, 0.15) is 17.0 Å². The molecule has 9 nitrogen and oxygen atoms in total. The van der Waals surface area contributed by atoms with Gasteiger partial charge in [0.2, 0.25) is 5.95 Å². The van der Waals surface area contributed by atoms with Gasteiger partial charge in [-0.25, -0.2) is 14.8 Å². The molecule has 4 rings (SSSR count). The fourth-order valence-electron chi connectivity index (χ4n) is 4.27. The van der Waals surface area contributed by atoms with E-state index in [0.29, 0.717) is 37.6 Å². The number of carboxylic acid groups (broad SMARTS) is 1. The summed E-state index contributed by atoms with van der Waals surface area (Å²) in [6, 6.07) is 5.41. The fraction of sp³-hybridized carbons (Fsp3) is 0.455. The Bertz CT molecular complexity index is 1110. The van der Waals surface area contributed by atoms with Gasteiger partial charge in [-0.05, 0) is 56.9 Å². The van der Waals surface area contributed by atoms with E-state index in [1.165, 1.54) is 4.90 Å². The second-order valence-corrected chi connectivity index (χ2v) is 8.14. The number of nitrogens with zero attached hydrogens (tertiary/aromatic N) is 5. The van der Waals surface area contributed by atoms with Crippen molar-refractivity contribution in [3.8, 4) is 5.75 Å². The summed E-state index contributed by atoms with van der Waals surface area (Å²) >= 11 is 0. The number of fused-ring (bicyclic) bond motifs is 1. The van der Waals surface area contributed by atoms with Crippen molar-refractivity contribution in [2.45, 2.75) is 58.7 Å². The number of hydrogen-bond acceptors (Lipinski definition) is 6. The van der Waals surface area contributed by atoms with E-state index < -0.39 is 6.09 Å². The first-order chi connectivity index (χ1) is 14.9. The summed E-state index contributed by atoms with van der Waals surface area (Å²) in [6.07, 6.45) is 3.07. The molecule has 2 unspecified atom stereocenters. The largest absolute Gasteiger partial charge is 0.506 e. The fourth-order valence-corrected chi connectivity index (χ4v) is 4.27. The molecule has 1 aliphatic heterocycles. The second kappa shape index (κ2) is 8.41. The van der Waals surface area contributed by atoms with Crippen LogP contribution in [0.25, 0.3) is 11.2 Å². The molecule has 3 aromatic heterocycles. The number of imidazole rings is 1. The molecule has 1 aliphatic rings. The number of rotatable bonds is 5. The summed E-state index contributed by atoms with van der Waals surface area (Å²) in [6.45, 7) is 6.71. The van der Waals surface area contributed by atoms with Crippen LogP contribution in [0.5, 0.6) is 5.75 Å². The number of aromatic hydroxyl groups is 1. The Labute approximate surface area is 180 Å². The molecule has 3 N–H and O–H groups in total. The zero-order chi connectivity index (χ0) is 22.1. The van der Waals surface area contributed by atoms with Crippen molar-refractivity contribution in [3.05, 3.63) is 41.3 Å². The lowest BCUT2D eigenvalue weighted by Gasteiger charge is -2.37. The first-order valence-corrected chi connectivity index (χ1v) is 10.6. The Hall–Kier alpha value is -3.36. The monoisotopic (exact) mass is 424 g/mol. The molecule has 1 amide bonds. The highest BCUT2D eigenvalue weighted by Crippen LogP contribution is 2.28. The third kappa shape index (κ3) is 4.12. The Morgan fingerprint density at radius 2 is 2.06 bits per heavy atom. The molecule has 1 fully saturated rings. The number of piperidine rings is 1. The third-order valence-electron chi connectivity index (χ3n) is 6.00. The molecule has 9 heteroatoms. The van der Waals surface area contributed by atoms with Crippen LogP contribution in [0.15, 0.2) is 24.4 Å². The smallest absolute Gasteiger partial charge is 0.407 e. The maximum atomic E-state index is 11.5. The van der Waals surface area contributed by atoms with Crippen molar-refractivity contribution in [1.29, 1.82) is 0 Å². The van der Waals surface area contributed by atoms with E-state index in [2.05, 4.69) is 15.3 Å². The first kappa shape index (κ1) is 20.9. The number of aromatic nitrogens is 4. The Kier molecular flexibility index (Phi) is 5.67. The summed E-state index contributed by atoms with van der Waals surface area (Å²) in [5.41, 5.74) is 3.91. The van der Waals surface area contributed by atoms with Crippen molar-refractivity contribution in [2.24, 2.45) is 0 Å². The molecule has 0 bridgehead atoms. The standard InChI is InChI=1S/C22H28N6O3/c1-4-16-11-15(8-10-27(16)22(30)31)25-21-26-19-13(2)7-9-23-20(19)28(21)12-17-18(29)6-5-14(3)24-17/h5-7,9,15-16,29H,4,8,10-12H2,1-3H3,(H,25,26)(H,30,31). The average Bonchev–Trinajstić information content (AvgIpc) is 3.09. The lowest BCUT2D eigenvalue weighted by molar-refractivity contribution is 0.102. The van der Waals surface area contributed by atoms with Gasteiger partial charge >= 0.3 is 6.09 Å². The normalized spacial score (nSPS) is 19.0. The zero-order valence-corrected chi connectivity index (χ0v) is 18.0. The summed E-state index contributed by atoms with van der Waals surface area (Å²) in [5.74, 6) is 0.787. The second-order valence-electron chi connectivity index (χ2n) is 8.14. The molecule has 164 valence electrons. The van der Waals surface area contributed by atoms with Crippen LogP contribution in [0.1, 0.15) is 43.1 Å². The molecule has 3 aromatic rings. The average molecular weight is 425 g/mol. The number of pyridine rings is 2. The van der Waals surface area contributed by atoms with E-state index >= 15 is 0 Å². The van der Waals surface area contributed by atoms with Crippen LogP contribution in [0.4, 0.5) is 10.7 Å². The SMILES string of the molecule is CCC1CC(Nc2nc3c(C)ccnc3n2Cc2nc(C)ccc2O)CCN1C(=O)O. The maximum absolute atomic E-state index is 11.5. The van der Waals surface area contributed by atoms with E-state index in [1.54, 1.807) is 18.3 Å². The van der Waals surface area contributed by atoms with Crippen LogP contribution < -0.4 is 5.32 Å². The van der Waals surface area contributed by atoms with Gasteiger partial charge < -0.3 is 20.4 Å². The minimum Gasteiger partial charge on any atom is -0.506 e. The highest BCUT2D eigenvalue weighted by Gasteiger charge is 2.31.